The first-order chi connectivity index (χ1) is 12.7. The molecule has 2 aliphatic rings. The summed E-state index contributed by atoms with van der Waals surface area (Å²) in [5.41, 5.74) is 2.66. The fraction of sp³-hybridized carbons (Fsp3) is 0.381. The Morgan fingerprint density at radius 1 is 1.04 bits per heavy atom. The molecule has 4 rings (SSSR count). The van der Waals surface area contributed by atoms with E-state index in [1.807, 2.05) is 25.1 Å². The predicted molar refractivity (Wildman–Crippen MR) is 99.2 cm³/mol. The zero-order chi connectivity index (χ0) is 18.0. The third-order valence-electron chi connectivity index (χ3n) is 5.17. The number of morpholine rings is 1. The van der Waals surface area contributed by atoms with E-state index in [1.165, 1.54) is 5.69 Å². The molecule has 5 heteroatoms. The van der Waals surface area contributed by atoms with Gasteiger partial charge in [-0.2, -0.15) is 0 Å². The first-order valence-electron chi connectivity index (χ1n) is 8.96. The SMILES string of the molecule is CC(C=O)(Cc1ccc2c(c1)OCO2)c1ccc(N2CCOCC2)cc1. The molecule has 2 aliphatic heterocycles. The summed E-state index contributed by atoms with van der Waals surface area (Å²) < 4.78 is 16.2. The molecule has 0 amide bonds. The quantitative estimate of drug-likeness (QED) is 0.774. The molecule has 0 spiro atoms. The summed E-state index contributed by atoms with van der Waals surface area (Å²) in [7, 11) is 0. The Balaban J connectivity index is 1.54. The van der Waals surface area contributed by atoms with E-state index in [0.29, 0.717) is 6.42 Å². The minimum Gasteiger partial charge on any atom is -0.454 e. The highest BCUT2D eigenvalue weighted by Gasteiger charge is 2.28. The van der Waals surface area contributed by atoms with Crippen molar-refractivity contribution in [1.29, 1.82) is 0 Å². The molecule has 1 fully saturated rings. The third kappa shape index (κ3) is 3.27. The Morgan fingerprint density at radius 3 is 2.50 bits per heavy atom. The molecule has 0 aromatic heterocycles. The molecular formula is C21H23NO4. The molecule has 1 saturated heterocycles. The first-order valence-corrected chi connectivity index (χ1v) is 8.96. The fourth-order valence-electron chi connectivity index (χ4n) is 3.56. The fourth-order valence-corrected chi connectivity index (χ4v) is 3.56. The number of carbonyl (C=O) groups is 1. The second kappa shape index (κ2) is 7.00. The summed E-state index contributed by atoms with van der Waals surface area (Å²) in [5, 5.41) is 0. The minimum atomic E-state index is -0.586. The molecule has 0 N–H and O–H groups in total. The Kier molecular flexibility index (Phi) is 4.55. The molecule has 26 heavy (non-hydrogen) atoms. The van der Waals surface area contributed by atoms with Gasteiger partial charge in [-0.25, -0.2) is 0 Å². The maximum atomic E-state index is 12.0. The highest BCUT2D eigenvalue weighted by atomic mass is 16.7. The number of hydrogen-bond donors (Lipinski definition) is 0. The Hall–Kier alpha value is -2.53. The molecule has 0 radical (unpaired) electrons. The topological polar surface area (TPSA) is 48.0 Å². The van der Waals surface area contributed by atoms with E-state index in [-0.39, 0.29) is 6.79 Å². The number of fused-ring (bicyclic) bond motifs is 1. The van der Waals surface area contributed by atoms with Crippen molar-refractivity contribution < 1.29 is 19.0 Å². The van der Waals surface area contributed by atoms with Crippen molar-refractivity contribution >= 4 is 12.0 Å². The molecule has 0 aliphatic carbocycles. The molecule has 1 unspecified atom stereocenters. The van der Waals surface area contributed by atoms with Gasteiger partial charge in [-0.05, 0) is 48.7 Å². The van der Waals surface area contributed by atoms with Crippen LogP contribution in [0.5, 0.6) is 11.5 Å². The van der Waals surface area contributed by atoms with E-state index >= 15 is 0 Å². The maximum Gasteiger partial charge on any atom is 0.231 e. The Labute approximate surface area is 153 Å². The number of rotatable bonds is 5. The van der Waals surface area contributed by atoms with E-state index in [0.717, 1.165) is 55.2 Å². The molecule has 0 saturated carbocycles. The number of nitrogens with zero attached hydrogens (tertiary/aromatic N) is 1. The van der Waals surface area contributed by atoms with E-state index in [4.69, 9.17) is 14.2 Å². The average Bonchev–Trinajstić information content (AvgIpc) is 3.16. The number of aldehydes is 1. The van der Waals surface area contributed by atoms with Gasteiger partial charge in [0.15, 0.2) is 11.5 Å². The standard InChI is InChI=1S/C21H23NO4/c1-21(14-23,13-16-2-7-19-20(12-16)26-15-25-19)17-3-5-18(6-4-17)22-8-10-24-11-9-22/h2-7,12,14H,8-11,13,15H2,1H3. The minimum absolute atomic E-state index is 0.257. The zero-order valence-corrected chi connectivity index (χ0v) is 14.9. The smallest absolute Gasteiger partial charge is 0.231 e. The number of benzene rings is 2. The summed E-state index contributed by atoms with van der Waals surface area (Å²) in [5.74, 6) is 1.51. The van der Waals surface area contributed by atoms with Crippen LogP contribution in [0.1, 0.15) is 18.1 Å². The highest BCUT2D eigenvalue weighted by Crippen LogP contribution is 2.35. The summed E-state index contributed by atoms with van der Waals surface area (Å²) in [4.78, 5) is 14.3. The van der Waals surface area contributed by atoms with Crippen LogP contribution >= 0.6 is 0 Å². The lowest BCUT2D eigenvalue weighted by atomic mass is 9.78. The molecule has 2 aromatic rings. The van der Waals surface area contributed by atoms with Gasteiger partial charge in [0.25, 0.3) is 0 Å². The molecule has 2 aromatic carbocycles. The largest absolute Gasteiger partial charge is 0.454 e. The third-order valence-corrected chi connectivity index (χ3v) is 5.17. The van der Waals surface area contributed by atoms with Crippen LogP contribution < -0.4 is 14.4 Å². The van der Waals surface area contributed by atoms with Gasteiger partial charge in [-0.15, -0.1) is 0 Å². The van der Waals surface area contributed by atoms with Crippen LogP contribution in [-0.4, -0.2) is 39.4 Å². The first kappa shape index (κ1) is 16.9. The van der Waals surface area contributed by atoms with Crippen LogP contribution in [0.4, 0.5) is 5.69 Å². The summed E-state index contributed by atoms with van der Waals surface area (Å²) in [6.45, 7) is 5.57. The predicted octanol–water partition coefficient (Wildman–Crippen LogP) is 2.95. The van der Waals surface area contributed by atoms with Gasteiger partial charge in [-0.1, -0.05) is 18.2 Å². The van der Waals surface area contributed by atoms with Gasteiger partial charge in [0.05, 0.1) is 18.6 Å². The second-order valence-corrected chi connectivity index (χ2v) is 7.05. The van der Waals surface area contributed by atoms with Gasteiger partial charge in [0.2, 0.25) is 6.79 Å². The molecule has 5 nitrogen and oxygen atoms in total. The normalized spacial score (nSPS) is 18.4. The van der Waals surface area contributed by atoms with Crippen LogP contribution in [-0.2, 0) is 21.4 Å². The van der Waals surface area contributed by atoms with Crippen molar-refractivity contribution in [2.24, 2.45) is 0 Å². The van der Waals surface area contributed by atoms with E-state index in [1.54, 1.807) is 0 Å². The Bertz CT molecular complexity index is 783. The van der Waals surface area contributed by atoms with E-state index < -0.39 is 5.41 Å². The van der Waals surface area contributed by atoms with Crippen molar-refractivity contribution in [1.82, 2.24) is 0 Å². The monoisotopic (exact) mass is 353 g/mol. The number of anilines is 1. The number of hydrogen-bond acceptors (Lipinski definition) is 5. The maximum absolute atomic E-state index is 12.0. The van der Waals surface area contributed by atoms with Crippen LogP contribution in [0.15, 0.2) is 42.5 Å². The van der Waals surface area contributed by atoms with Crippen LogP contribution in [0.25, 0.3) is 0 Å². The van der Waals surface area contributed by atoms with Crippen LogP contribution in [0.2, 0.25) is 0 Å². The lowest BCUT2D eigenvalue weighted by Gasteiger charge is -2.30. The van der Waals surface area contributed by atoms with Crippen molar-refractivity contribution in [2.45, 2.75) is 18.8 Å². The Morgan fingerprint density at radius 2 is 1.77 bits per heavy atom. The van der Waals surface area contributed by atoms with Gasteiger partial charge in [-0.3, -0.25) is 0 Å². The lowest BCUT2D eigenvalue weighted by molar-refractivity contribution is -0.112. The van der Waals surface area contributed by atoms with Gasteiger partial charge >= 0.3 is 0 Å². The number of carbonyl (C=O) groups excluding carboxylic acids is 1. The molecule has 136 valence electrons. The van der Waals surface area contributed by atoms with Crippen LogP contribution in [0.3, 0.4) is 0 Å². The van der Waals surface area contributed by atoms with Crippen molar-refractivity contribution in [3.63, 3.8) is 0 Å². The van der Waals surface area contributed by atoms with Crippen molar-refractivity contribution in [2.75, 3.05) is 38.0 Å². The van der Waals surface area contributed by atoms with Gasteiger partial charge in [0.1, 0.15) is 6.29 Å². The van der Waals surface area contributed by atoms with Crippen molar-refractivity contribution in [3.8, 4) is 11.5 Å². The number of ether oxygens (including phenoxy) is 3. The highest BCUT2D eigenvalue weighted by molar-refractivity contribution is 5.69. The summed E-state index contributed by atoms with van der Waals surface area (Å²) >= 11 is 0. The molecule has 1 atom stereocenters. The van der Waals surface area contributed by atoms with Crippen LogP contribution in [0, 0.1) is 0 Å². The summed E-state index contributed by atoms with van der Waals surface area (Å²) in [6, 6.07) is 14.2. The molecular weight excluding hydrogens is 330 g/mol. The van der Waals surface area contributed by atoms with Crippen molar-refractivity contribution in [3.05, 3.63) is 53.6 Å². The average molecular weight is 353 g/mol. The molecule has 0 bridgehead atoms. The van der Waals surface area contributed by atoms with Gasteiger partial charge in [0, 0.05) is 18.8 Å². The second-order valence-electron chi connectivity index (χ2n) is 7.05. The lowest BCUT2D eigenvalue weighted by Crippen LogP contribution is -2.36. The van der Waals surface area contributed by atoms with E-state index in [9.17, 15) is 4.79 Å². The van der Waals surface area contributed by atoms with E-state index in [2.05, 4.69) is 29.2 Å². The molecule has 2 heterocycles. The zero-order valence-electron chi connectivity index (χ0n) is 14.9. The summed E-state index contributed by atoms with van der Waals surface area (Å²) in [6.07, 6.45) is 1.66. The van der Waals surface area contributed by atoms with Gasteiger partial charge < -0.3 is 23.9 Å².